The van der Waals surface area contributed by atoms with E-state index >= 15 is 0 Å². The van der Waals surface area contributed by atoms with Crippen molar-refractivity contribution in [3.8, 4) is 5.75 Å². The lowest BCUT2D eigenvalue weighted by Crippen LogP contribution is -2.42. The smallest absolute Gasteiger partial charge is 0.416 e. The molecule has 0 spiro atoms. The van der Waals surface area contributed by atoms with Crippen molar-refractivity contribution in [2.75, 3.05) is 25.0 Å². The maximum atomic E-state index is 13.2. The molecule has 0 radical (unpaired) electrons. The highest BCUT2D eigenvalue weighted by molar-refractivity contribution is 9.10. The van der Waals surface area contributed by atoms with Crippen LogP contribution in [0.2, 0.25) is 0 Å². The first kappa shape index (κ1) is 28.7. The number of β-amino-alcohol motifs (C(OH)–C–C–N with tert-alkyl or cyclic N) is 1. The maximum absolute atomic E-state index is 13.2. The number of aromatic hydroxyl groups is 1. The standard InChI is InChI=1S/C23H23BrF3N5O6/c24-14-2-11(1-13(5-14)23(25,26)27)18(7-20(36)37)32-19(35)10-28-21(38)12-3-15(6-16(33)4-12)31-22-29-8-17(34)9-30-22/h1-6,17-18,33-34H,7-10H2,(H,28,38)(H,32,35)(H,36,37)(H2,29,30,31). The lowest BCUT2D eigenvalue weighted by atomic mass is 10.0. The number of hydrogen-bond donors (Lipinski definition) is 7. The first-order chi connectivity index (χ1) is 17.8. The van der Waals surface area contributed by atoms with Crippen LogP contribution in [0.1, 0.15) is 33.9 Å². The fourth-order valence-electron chi connectivity index (χ4n) is 3.48. The number of phenols is 1. The van der Waals surface area contributed by atoms with Gasteiger partial charge in [-0.15, -0.1) is 0 Å². The summed E-state index contributed by atoms with van der Waals surface area (Å²) >= 11 is 2.96. The normalized spacial score (nSPS) is 16.0. The molecule has 11 nitrogen and oxygen atoms in total. The molecular weight excluding hydrogens is 579 g/mol. The molecule has 7 N–H and O–H groups in total. The molecule has 2 amide bonds. The largest absolute Gasteiger partial charge is 0.508 e. The second-order valence-corrected chi connectivity index (χ2v) is 9.20. The van der Waals surface area contributed by atoms with Gasteiger partial charge in [0, 0.05) is 28.3 Å². The third-order valence-corrected chi connectivity index (χ3v) is 5.64. The Bertz CT molecular complexity index is 1260. The number of aliphatic carboxylic acids is 1. The number of aliphatic hydroxyl groups is 1. The monoisotopic (exact) mass is 601 g/mol. The third-order valence-electron chi connectivity index (χ3n) is 5.18. The van der Waals surface area contributed by atoms with Gasteiger partial charge in [0.25, 0.3) is 5.91 Å². The highest BCUT2D eigenvalue weighted by atomic mass is 79.9. The van der Waals surface area contributed by atoms with Crippen LogP contribution in [-0.4, -0.2) is 64.8 Å². The van der Waals surface area contributed by atoms with E-state index in [0.29, 0.717) is 11.6 Å². The number of carbonyl (C=O) groups excluding carboxylic acids is 2. The fourth-order valence-corrected chi connectivity index (χ4v) is 3.99. The molecule has 2 aromatic carbocycles. The van der Waals surface area contributed by atoms with Gasteiger partial charge in [-0.25, -0.2) is 0 Å². The van der Waals surface area contributed by atoms with Crippen molar-refractivity contribution in [1.82, 2.24) is 16.0 Å². The molecule has 0 bridgehead atoms. The summed E-state index contributed by atoms with van der Waals surface area (Å²) in [7, 11) is 0. The molecule has 1 aliphatic heterocycles. The van der Waals surface area contributed by atoms with Crippen LogP contribution in [0.3, 0.4) is 0 Å². The predicted octanol–water partition coefficient (Wildman–Crippen LogP) is 1.97. The number of rotatable bonds is 8. The van der Waals surface area contributed by atoms with E-state index in [2.05, 4.69) is 42.2 Å². The van der Waals surface area contributed by atoms with Crippen molar-refractivity contribution in [3.05, 3.63) is 57.6 Å². The van der Waals surface area contributed by atoms with E-state index in [4.69, 9.17) is 0 Å². The molecule has 15 heteroatoms. The van der Waals surface area contributed by atoms with Crippen molar-refractivity contribution in [2.24, 2.45) is 4.99 Å². The van der Waals surface area contributed by atoms with Crippen LogP contribution in [0.4, 0.5) is 18.9 Å². The van der Waals surface area contributed by atoms with Gasteiger partial charge in [0.2, 0.25) is 5.91 Å². The van der Waals surface area contributed by atoms with E-state index in [9.17, 15) is 42.9 Å². The predicted molar refractivity (Wildman–Crippen MR) is 133 cm³/mol. The van der Waals surface area contributed by atoms with Crippen molar-refractivity contribution in [3.63, 3.8) is 0 Å². The second-order valence-electron chi connectivity index (χ2n) is 8.29. The first-order valence-corrected chi connectivity index (χ1v) is 11.8. The van der Waals surface area contributed by atoms with E-state index in [1.54, 1.807) is 0 Å². The minimum Gasteiger partial charge on any atom is -0.508 e. The third kappa shape index (κ3) is 8.34. The zero-order chi connectivity index (χ0) is 28.0. The lowest BCUT2D eigenvalue weighted by Gasteiger charge is -2.20. The number of hydrogen-bond acceptors (Lipinski definition) is 8. The number of alkyl halides is 3. The van der Waals surface area contributed by atoms with Crippen LogP contribution in [0.15, 0.2) is 45.9 Å². The second kappa shape index (κ2) is 12.1. The molecule has 2 aromatic rings. The summed E-state index contributed by atoms with van der Waals surface area (Å²) in [5.74, 6) is -2.92. The van der Waals surface area contributed by atoms with E-state index < -0.39 is 54.6 Å². The Morgan fingerprint density at radius 2 is 1.89 bits per heavy atom. The van der Waals surface area contributed by atoms with Gasteiger partial charge < -0.3 is 36.6 Å². The van der Waals surface area contributed by atoms with Crippen LogP contribution in [0, 0.1) is 0 Å². The zero-order valence-electron chi connectivity index (χ0n) is 19.5. The summed E-state index contributed by atoms with van der Waals surface area (Å²) in [6.45, 7) is -0.204. The van der Waals surface area contributed by atoms with Gasteiger partial charge in [-0.05, 0) is 35.9 Å². The number of anilines is 1. The number of phenolic OH excluding ortho intramolecular Hbond substituents is 1. The summed E-state index contributed by atoms with van der Waals surface area (Å²) in [4.78, 5) is 40.4. The van der Waals surface area contributed by atoms with E-state index in [-0.39, 0.29) is 34.4 Å². The van der Waals surface area contributed by atoms with Crippen molar-refractivity contribution in [2.45, 2.75) is 24.7 Å². The highest BCUT2D eigenvalue weighted by Gasteiger charge is 2.32. The summed E-state index contributed by atoms with van der Waals surface area (Å²) in [6, 6.07) is 5.35. The number of guanidine groups is 1. The summed E-state index contributed by atoms with van der Waals surface area (Å²) in [5.41, 5.74) is -0.859. The number of benzene rings is 2. The highest BCUT2D eigenvalue weighted by Crippen LogP contribution is 2.34. The van der Waals surface area contributed by atoms with Gasteiger partial charge >= 0.3 is 12.1 Å². The van der Waals surface area contributed by atoms with E-state index in [0.717, 1.165) is 18.2 Å². The maximum Gasteiger partial charge on any atom is 0.416 e. The minimum absolute atomic E-state index is 0.0272. The number of halogens is 4. The van der Waals surface area contributed by atoms with E-state index in [1.165, 1.54) is 18.2 Å². The van der Waals surface area contributed by atoms with Crippen molar-refractivity contribution < 1.29 is 42.9 Å². The molecule has 0 aromatic heterocycles. The van der Waals surface area contributed by atoms with Crippen LogP contribution in [-0.2, 0) is 15.8 Å². The molecule has 204 valence electrons. The average molecular weight is 602 g/mol. The molecule has 2 unspecified atom stereocenters. The van der Waals surface area contributed by atoms with Gasteiger partial charge in [-0.1, -0.05) is 15.9 Å². The Kier molecular flexibility index (Phi) is 9.17. The molecule has 0 aliphatic carbocycles. The molecule has 2 atom stereocenters. The molecule has 1 aliphatic rings. The van der Waals surface area contributed by atoms with Gasteiger partial charge in [0.15, 0.2) is 5.96 Å². The lowest BCUT2D eigenvalue weighted by molar-refractivity contribution is -0.138. The van der Waals surface area contributed by atoms with Crippen molar-refractivity contribution in [1.29, 1.82) is 0 Å². The Morgan fingerprint density at radius 1 is 1.16 bits per heavy atom. The van der Waals surface area contributed by atoms with E-state index in [1.807, 2.05) is 0 Å². The van der Waals surface area contributed by atoms with Gasteiger partial charge in [-0.2, -0.15) is 13.2 Å². The molecule has 0 saturated heterocycles. The Labute approximate surface area is 222 Å². The van der Waals surface area contributed by atoms with Crippen LogP contribution in [0.5, 0.6) is 5.75 Å². The average Bonchev–Trinajstić information content (AvgIpc) is 2.82. The number of carboxylic acids is 1. The summed E-state index contributed by atoms with van der Waals surface area (Å²) in [6.07, 6.45) is -6.04. The van der Waals surface area contributed by atoms with Gasteiger partial charge in [-0.3, -0.25) is 19.4 Å². The van der Waals surface area contributed by atoms with Gasteiger partial charge in [0.05, 0.1) is 37.2 Å². The number of aliphatic imine (C=N–C) groups is 1. The van der Waals surface area contributed by atoms with Crippen LogP contribution >= 0.6 is 15.9 Å². The minimum atomic E-state index is -4.69. The first-order valence-electron chi connectivity index (χ1n) is 11.0. The zero-order valence-corrected chi connectivity index (χ0v) is 21.1. The van der Waals surface area contributed by atoms with Crippen LogP contribution < -0.4 is 21.3 Å². The summed E-state index contributed by atoms with van der Waals surface area (Å²) in [5, 5.41) is 39.0. The number of carbonyl (C=O) groups is 3. The van der Waals surface area contributed by atoms with Gasteiger partial charge in [0.1, 0.15) is 5.75 Å². The molecule has 0 saturated carbocycles. The molecular formula is C23H23BrF3N5O6. The number of aliphatic hydroxyl groups excluding tert-OH is 1. The summed E-state index contributed by atoms with van der Waals surface area (Å²) < 4.78 is 39.6. The Morgan fingerprint density at radius 3 is 2.53 bits per heavy atom. The fraction of sp³-hybridized carbons (Fsp3) is 0.304. The van der Waals surface area contributed by atoms with Crippen LogP contribution in [0.25, 0.3) is 0 Å². The quantitative estimate of drug-likeness (QED) is 0.240. The molecule has 1 heterocycles. The Hall–Kier alpha value is -3.85. The molecule has 38 heavy (non-hydrogen) atoms. The number of carboxylic acid groups (broad SMARTS) is 1. The van der Waals surface area contributed by atoms with Crippen molar-refractivity contribution >= 4 is 45.4 Å². The topological polar surface area (TPSA) is 172 Å². The SMILES string of the molecule is O=C(O)CC(NC(=O)CNC(=O)c1cc(O)cc(NC2=NCC(O)CN2)c1)c1cc(Br)cc(C(F)(F)F)c1. The Balaban J connectivity index is 1.67. The number of nitrogens with one attached hydrogen (secondary N) is 4. The molecule has 3 rings (SSSR count). The number of nitrogens with zero attached hydrogens (tertiary/aromatic N) is 1. The molecule has 0 fully saturated rings. The number of amides is 2.